The standard InChI is InChI=1S/C16H16FN3O/c1-10-16(19-9-11-4-2-3-5-13(11)17)20-14-8-12(18)6-7-15(14)21-10/h2-8,10H,9,18H2,1H3,(H,19,20). The molecule has 0 bridgehead atoms. The second-order valence-corrected chi connectivity index (χ2v) is 4.93. The fourth-order valence-electron chi connectivity index (χ4n) is 2.20. The number of halogens is 1. The van der Waals surface area contributed by atoms with Gasteiger partial charge in [-0.3, -0.25) is 4.99 Å². The van der Waals surface area contributed by atoms with E-state index in [1.807, 2.05) is 13.0 Å². The van der Waals surface area contributed by atoms with E-state index in [1.165, 1.54) is 6.07 Å². The van der Waals surface area contributed by atoms with Gasteiger partial charge >= 0.3 is 0 Å². The predicted molar refractivity (Wildman–Crippen MR) is 82.1 cm³/mol. The number of nitrogen functional groups attached to an aromatic ring is 1. The Morgan fingerprint density at radius 2 is 2.10 bits per heavy atom. The van der Waals surface area contributed by atoms with Gasteiger partial charge in [0.25, 0.3) is 0 Å². The Kier molecular flexibility index (Phi) is 3.48. The summed E-state index contributed by atoms with van der Waals surface area (Å²) in [5.41, 5.74) is 7.74. The summed E-state index contributed by atoms with van der Waals surface area (Å²) in [5, 5.41) is 3.20. The number of ether oxygens (including phenoxy) is 1. The van der Waals surface area contributed by atoms with Crippen LogP contribution in [0.3, 0.4) is 0 Å². The van der Waals surface area contributed by atoms with Gasteiger partial charge in [0.05, 0.1) is 12.2 Å². The van der Waals surface area contributed by atoms with Crippen molar-refractivity contribution < 1.29 is 9.13 Å². The molecule has 1 atom stereocenters. The lowest BCUT2D eigenvalue weighted by molar-refractivity contribution is 0.282. The molecule has 1 heterocycles. The molecule has 21 heavy (non-hydrogen) atoms. The molecule has 2 aromatic rings. The van der Waals surface area contributed by atoms with Crippen LogP contribution in [0.4, 0.5) is 15.8 Å². The molecule has 1 aliphatic rings. The number of fused-ring (bicyclic) bond motifs is 1. The molecule has 4 nitrogen and oxygen atoms in total. The van der Waals surface area contributed by atoms with E-state index >= 15 is 0 Å². The maximum Gasteiger partial charge on any atom is 0.153 e. The summed E-state index contributed by atoms with van der Waals surface area (Å²) < 4.78 is 19.4. The Morgan fingerprint density at radius 3 is 2.90 bits per heavy atom. The molecule has 0 aliphatic carbocycles. The molecule has 1 unspecified atom stereocenters. The van der Waals surface area contributed by atoms with Crippen molar-refractivity contribution in [3.05, 3.63) is 53.8 Å². The highest BCUT2D eigenvalue weighted by Crippen LogP contribution is 2.31. The second-order valence-electron chi connectivity index (χ2n) is 4.93. The molecule has 0 aromatic heterocycles. The van der Waals surface area contributed by atoms with Crippen molar-refractivity contribution in [1.82, 2.24) is 0 Å². The highest BCUT2D eigenvalue weighted by Gasteiger charge is 2.21. The van der Waals surface area contributed by atoms with Gasteiger partial charge < -0.3 is 15.8 Å². The van der Waals surface area contributed by atoms with Crippen LogP contribution in [0.2, 0.25) is 0 Å². The van der Waals surface area contributed by atoms with Crippen LogP contribution in [-0.2, 0) is 6.54 Å². The fraction of sp³-hybridized carbons (Fsp3) is 0.188. The summed E-state index contributed by atoms with van der Waals surface area (Å²) in [7, 11) is 0. The molecule has 0 saturated carbocycles. The number of anilines is 2. The first-order chi connectivity index (χ1) is 10.1. The van der Waals surface area contributed by atoms with Gasteiger partial charge in [-0.1, -0.05) is 18.2 Å². The fourth-order valence-corrected chi connectivity index (χ4v) is 2.20. The molecule has 0 saturated heterocycles. The van der Waals surface area contributed by atoms with Crippen LogP contribution in [0.15, 0.2) is 47.5 Å². The number of nitrogens with one attached hydrogen (secondary N) is 1. The molecule has 0 amide bonds. The summed E-state index contributed by atoms with van der Waals surface area (Å²) in [6.45, 7) is 2.16. The van der Waals surface area contributed by atoms with Crippen molar-refractivity contribution in [2.45, 2.75) is 19.6 Å². The highest BCUT2D eigenvalue weighted by molar-refractivity contribution is 6.02. The average molecular weight is 285 g/mol. The van der Waals surface area contributed by atoms with E-state index in [1.54, 1.807) is 30.3 Å². The maximum atomic E-state index is 13.6. The Hall–Kier alpha value is -2.56. The summed E-state index contributed by atoms with van der Waals surface area (Å²) in [6.07, 6.45) is -0.215. The van der Waals surface area contributed by atoms with Gasteiger partial charge in [0.2, 0.25) is 0 Å². The van der Waals surface area contributed by atoms with Crippen molar-refractivity contribution in [3.8, 4) is 5.75 Å². The molecule has 3 rings (SSSR count). The summed E-state index contributed by atoms with van der Waals surface area (Å²) in [5.74, 6) is 1.15. The molecule has 5 heteroatoms. The third-order valence-corrected chi connectivity index (χ3v) is 3.33. The molecule has 0 spiro atoms. The van der Waals surface area contributed by atoms with Crippen LogP contribution in [0.25, 0.3) is 0 Å². The third kappa shape index (κ3) is 2.81. The number of nitrogens with two attached hydrogens (primary N) is 1. The molecule has 108 valence electrons. The van der Waals surface area contributed by atoms with Gasteiger partial charge in [0.1, 0.15) is 17.4 Å². The van der Waals surface area contributed by atoms with Crippen LogP contribution in [0.5, 0.6) is 5.75 Å². The summed E-state index contributed by atoms with van der Waals surface area (Å²) >= 11 is 0. The Morgan fingerprint density at radius 1 is 1.29 bits per heavy atom. The smallest absolute Gasteiger partial charge is 0.153 e. The lowest BCUT2D eigenvalue weighted by Gasteiger charge is -2.26. The van der Waals surface area contributed by atoms with E-state index in [0.29, 0.717) is 17.1 Å². The van der Waals surface area contributed by atoms with E-state index in [4.69, 9.17) is 10.5 Å². The van der Waals surface area contributed by atoms with Crippen LogP contribution >= 0.6 is 0 Å². The second kappa shape index (κ2) is 5.44. The first-order valence-electron chi connectivity index (χ1n) is 6.74. The van der Waals surface area contributed by atoms with Gasteiger partial charge in [-0.25, -0.2) is 4.39 Å². The molecule has 3 N–H and O–H groups in total. The van der Waals surface area contributed by atoms with Crippen molar-refractivity contribution in [3.63, 3.8) is 0 Å². The molecular formula is C16H16FN3O. The number of hydrogen-bond donors (Lipinski definition) is 2. The van der Waals surface area contributed by atoms with E-state index in [9.17, 15) is 4.39 Å². The minimum Gasteiger partial charge on any atom is -0.481 e. The zero-order chi connectivity index (χ0) is 14.8. The van der Waals surface area contributed by atoms with Gasteiger partial charge in [-0.05, 0) is 31.2 Å². The number of nitrogens with zero attached hydrogens (tertiary/aromatic N) is 1. The van der Waals surface area contributed by atoms with Crippen LogP contribution in [-0.4, -0.2) is 11.9 Å². The quantitative estimate of drug-likeness (QED) is 0.833. The van der Waals surface area contributed by atoms with Crippen molar-refractivity contribution in [1.29, 1.82) is 0 Å². The zero-order valence-corrected chi connectivity index (χ0v) is 11.6. The molecular weight excluding hydrogens is 269 g/mol. The Labute approximate surface area is 122 Å². The maximum absolute atomic E-state index is 13.6. The highest BCUT2D eigenvalue weighted by atomic mass is 19.1. The van der Waals surface area contributed by atoms with Crippen molar-refractivity contribution >= 4 is 17.2 Å². The number of hydrogen-bond acceptors (Lipinski definition) is 3. The monoisotopic (exact) mass is 285 g/mol. The van der Waals surface area contributed by atoms with Crippen LogP contribution in [0.1, 0.15) is 12.5 Å². The summed E-state index contributed by atoms with van der Waals surface area (Å²) in [4.78, 5) is 4.42. The number of rotatable bonds is 2. The summed E-state index contributed by atoms with van der Waals surface area (Å²) in [6, 6.07) is 12.0. The van der Waals surface area contributed by atoms with Crippen LogP contribution in [0, 0.1) is 5.82 Å². The molecule has 2 aromatic carbocycles. The van der Waals surface area contributed by atoms with E-state index in [2.05, 4.69) is 10.3 Å². The number of benzene rings is 2. The topological polar surface area (TPSA) is 59.6 Å². The lowest BCUT2D eigenvalue weighted by Crippen LogP contribution is -2.35. The third-order valence-electron chi connectivity index (χ3n) is 3.33. The largest absolute Gasteiger partial charge is 0.481 e. The minimum absolute atomic E-state index is 0.215. The van der Waals surface area contributed by atoms with Crippen LogP contribution < -0.4 is 15.8 Å². The van der Waals surface area contributed by atoms with E-state index in [-0.39, 0.29) is 18.5 Å². The van der Waals surface area contributed by atoms with Crippen molar-refractivity contribution in [2.24, 2.45) is 4.99 Å². The number of amidine groups is 1. The lowest BCUT2D eigenvalue weighted by atomic mass is 10.2. The predicted octanol–water partition coefficient (Wildman–Crippen LogP) is 3.20. The normalized spacial score (nSPS) is 18.8. The van der Waals surface area contributed by atoms with E-state index in [0.717, 1.165) is 11.4 Å². The van der Waals surface area contributed by atoms with Gasteiger partial charge in [0, 0.05) is 11.3 Å². The Bertz CT molecular complexity index is 700. The minimum atomic E-state index is -0.254. The average Bonchev–Trinajstić information content (AvgIpc) is 2.47. The molecule has 0 radical (unpaired) electrons. The first-order valence-corrected chi connectivity index (χ1v) is 6.74. The van der Waals surface area contributed by atoms with Gasteiger partial charge in [0.15, 0.2) is 6.10 Å². The first kappa shape index (κ1) is 13.4. The SMILES string of the molecule is CC1Oc2ccc(N)cc2NC1=NCc1ccccc1F. The van der Waals surface area contributed by atoms with Gasteiger partial charge in [-0.2, -0.15) is 0 Å². The zero-order valence-electron chi connectivity index (χ0n) is 11.6. The molecule has 1 aliphatic heterocycles. The Balaban J connectivity index is 1.83. The van der Waals surface area contributed by atoms with Crippen molar-refractivity contribution in [2.75, 3.05) is 11.1 Å². The number of aliphatic imine (C=N–C) groups is 1. The molecule has 0 fully saturated rings. The van der Waals surface area contributed by atoms with Gasteiger partial charge in [-0.15, -0.1) is 0 Å². The van der Waals surface area contributed by atoms with E-state index < -0.39 is 0 Å².